The number of nitrogens with zero attached hydrogens (tertiary/aromatic N) is 1. The van der Waals surface area contributed by atoms with E-state index in [-0.39, 0.29) is 16.4 Å². The summed E-state index contributed by atoms with van der Waals surface area (Å²) in [5, 5.41) is 9.50. The minimum absolute atomic E-state index is 0.0961. The number of pyridine rings is 1. The SMILES string of the molecule is CCCc1cc(C(=O)O)cc2c(=O)cc(-c3ccccn3)oc12. The predicted molar refractivity (Wildman–Crippen MR) is 86.7 cm³/mol. The van der Waals surface area contributed by atoms with Crippen LogP contribution in [0.3, 0.4) is 0 Å². The Labute approximate surface area is 132 Å². The third-order valence-electron chi connectivity index (χ3n) is 3.59. The quantitative estimate of drug-likeness (QED) is 0.797. The molecule has 0 saturated carbocycles. The van der Waals surface area contributed by atoms with Gasteiger partial charge < -0.3 is 9.52 Å². The summed E-state index contributed by atoms with van der Waals surface area (Å²) in [6, 6.07) is 9.64. The number of fused-ring (bicyclic) bond motifs is 1. The van der Waals surface area contributed by atoms with E-state index in [1.54, 1.807) is 24.4 Å². The molecule has 2 aromatic heterocycles. The lowest BCUT2D eigenvalue weighted by Gasteiger charge is -2.08. The highest BCUT2D eigenvalue weighted by Crippen LogP contribution is 2.25. The minimum atomic E-state index is -1.06. The molecule has 3 rings (SSSR count). The zero-order chi connectivity index (χ0) is 16.4. The number of hydrogen-bond acceptors (Lipinski definition) is 4. The van der Waals surface area contributed by atoms with Gasteiger partial charge >= 0.3 is 5.97 Å². The highest BCUT2D eigenvalue weighted by molar-refractivity contribution is 5.94. The Kier molecular flexibility index (Phi) is 3.93. The molecule has 0 fully saturated rings. The average molecular weight is 309 g/mol. The van der Waals surface area contributed by atoms with Gasteiger partial charge in [-0.05, 0) is 36.2 Å². The molecule has 0 spiro atoms. The number of benzene rings is 1. The van der Waals surface area contributed by atoms with Crippen molar-refractivity contribution < 1.29 is 14.3 Å². The van der Waals surface area contributed by atoms with Gasteiger partial charge in [-0.2, -0.15) is 0 Å². The number of hydrogen-bond donors (Lipinski definition) is 1. The molecule has 1 N–H and O–H groups in total. The molecule has 0 aliphatic heterocycles. The van der Waals surface area contributed by atoms with Crippen LogP contribution in [-0.2, 0) is 6.42 Å². The fourth-order valence-electron chi connectivity index (χ4n) is 2.54. The molecule has 0 atom stereocenters. The molecule has 2 heterocycles. The van der Waals surface area contributed by atoms with E-state index in [4.69, 9.17) is 4.42 Å². The first-order valence-corrected chi connectivity index (χ1v) is 7.35. The van der Waals surface area contributed by atoms with E-state index in [1.807, 2.05) is 13.0 Å². The van der Waals surface area contributed by atoms with Crippen molar-refractivity contribution in [1.82, 2.24) is 4.98 Å². The third kappa shape index (κ3) is 2.85. The second kappa shape index (κ2) is 6.04. The van der Waals surface area contributed by atoms with Gasteiger partial charge in [-0.15, -0.1) is 0 Å². The molecule has 1 aromatic carbocycles. The summed E-state index contributed by atoms with van der Waals surface area (Å²) in [4.78, 5) is 27.9. The van der Waals surface area contributed by atoms with Gasteiger partial charge in [-0.25, -0.2) is 4.79 Å². The largest absolute Gasteiger partial charge is 0.478 e. The molecule has 3 aromatic rings. The first kappa shape index (κ1) is 15.0. The summed E-state index contributed by atoms with van der Waals surface area (Å²) in [6.07, 6.45) is 3.07. The Morgan fingerprint density at radius 1 is 1.26 bits per heavy atom. The van der Waals surface area contributed by atoms with Crippen LogP contribution in [0.4, 0.5) is 0 Å². The maximum absolute atomic E-state index is 12.4. The molecular weight excluding hydrogens is 294 g/mol. The van der Waals surface area contributed by atoms with Crippen LogP contribution in [-0.4, -0.2) is 16.1 Å². The second-order valence-corrected chi connectivity index (χ2v) is 5.26. The molecule has 5 heteroatoms. The van der Waals surface area contributed by atoms with Crippen LogP contribution in [0.25, 0.3) is 22.4 Å². The standard InChI is InChI=1S/C18H15NO4/c1-2-5-11-8-12(18(21)22)9-13-15(20)10-16(23-17(11)13)14-6-3-4-7-19-14/h3-4,6-10H,2,5H2,1H3,(H,21,22). The van der Waals surface area contributed by atoms with Crippen molar-refractivity contribution in [2.45, 2.75) is 19.8 Å². The van der Waals surface area contributed by atoms with Crippen molar-refractivity contribution >= 4 is 16.9 Å². The molecule has 116 valence electrons. The van der Waals surface area contributed by atoms with E-state index in [0.717, 1.165) is 12.0 Å². The number of rotatable bonds is 4. The van der Waals surface area contributed by atoms with Crippen molar-refractivity contribution in [2.24, 2.45) is 0 Å². The smallest absolute Gasteiger partial charge is 0.335 e. The van der Waals surface area contributed by atoms with Crippen LogP contribution in [0.1, 0.15) is 29.3 Å². The van der Waals surface area contributed by atoms with E-state index < -0.39 is 5.97 Å². The monoisotopic (exact) mass is 309 g/mol. The molecule has 0 amide bonds. The maximum Gasteiger partial charge on any atom is 0.335 e. The lowest BCUT2D eigenvalue weighted by atomic mass is 10.0. The van der Waals surface area contributed by atoms with E-state index in [9.17, 15) is 14.7 Å². The van der Waals surface area contributed by atoms with Gasteiger partial charge in [0.1, 0.15) is 11.3 Å². The predicted octanol–water partition coefficient (Wildman–Crippen LogP) is 3.51. The molecule has 0 aliphatic rings. The second-order valence-electron chi connectivity index (χ2n) is 5.26. The van der Waals surface area contributed by atoms with Crippen LogP contribution in [0.15, 0.2) is 51.8 Å². The van der Waals surface area contributed by atoms with Crippen molar-refractivity contribution in [3.8, 4) is 11.5 Å². The van der Waals surface area contributed by atoms with Crippen molar-refractivity contribution in [2.75, 3.05) is 0 Å². The summed E-state index contributed by atoms with van der Waals surface area (Å²) in [7, 11) is 0. The zero-order valence-electron chi connectivity index (χ0n) is 12.6. The van der Waals surface area contributed by atoms with Gasteiger partial charge in [0, 0.05) is 12.3 Å². The van der Waals surface area contributed by atoms with Crippen LogP contribution >= 0.6 is 0 Å². The highest BCUT2D eigenvalue weighted by Gasteiger charge is 2.15. The maximum atomic E-state index is 12.4. The molecular formula is C18H15NO4. The molecule has 0 unspecified atom stereocenters. The van der Waals surface area contributed by atoms with Gasteiger partial charge in [-0.1, -0.05) is 19.4 Å². The van der Waals surface area contributed by atoms with E-state index >= 15 is 0 Å². The zero-order valence-corrected chi connectivity index (χ0v) is 12.6. The Bertz CT molecular complexity index is 929. The number of aryl methyl sites for hydroxylation is 1. The van der Waals surface area contributed by atoms with Crippen molar-refractivity contribution in [3.05, 3.63) is 63.9 Å². The van der Waals surface area contributed by atoms with Crippen molar-refractivity contribution in [3.63, 3.8) is 0 Å². The highest BCUT2D eigenvalue weighted by atomic mass is 16.4. The summed E-state index contributed by atoms with van der Waals surface area (Å²) in [6.45, 7) is 1.99. The van der Waals surface area contributed by atoms with Gasteiger partial charge in [0.2, 0.25) is 0 Å². The van der Waals surface area contributed by atoms with Crippen LogP contribution in [0, 0.1) is 0 Å². The van der Waals surface area contributed by atoms with E-state index in [0.29, 0.717) is 23.5 Å². The number of carbonyl (C=O) groups is 1. The van der Waals surface area contributed by atoms with Crippen LogP contribution in [0.5, 0.6) is 0 Å². The summed E-state index contributed by atoms with van der Waals surface area (Å²) in [5.74, 6) is -0.680. The summed E-state index contributed by atoms with van der Waals surface area (Å²) < 4.78 is 5.89. The van der Waals surface area contributed by atoms with Crippen molar-refractivity contribution in [1.29, 1.82) is 0 Å². The average Bonchev–Trinajstić information content (AvgIpc) is 2.56. The third-order valence-corrected chi connectivity index (χ3v) is 3.59. The lowest BCUT2D eigenvalue weighted by molar-refractivity contribution is 0.0697. The molecule has 0 aliphatic carbocycles. The van der Waals surface area contributed by atoms with Gasteiger partial charge in [0.05, 0.1) is 10.9 Å². The summed E-state index contributed by atoms with van der Waals surface area (Å²) in [5.41, 5.74) is 1.55. The van der Waals surface area contributed by atoms with E-state index in [2.05, 4.69) is 4.98 Å². The molecule has 0 saturated heterocycles. The van der Waals surface area contributed by atoms with Gasteiger partial charge in [0.25, 0.3) is 0 Å². The fourth-order valence-corrected chi connectivity index (χ4v) is 2.54. The Hall–Kier alpha value is -2.95. The Balaban J connectivity index is 2.31. The first-order chi connectivity index (χ1) is 11.1. The molecule has 23 heavy (non-hydrogen) atoms. The number of aromatic carboxylic acids is 1. The summed E-state index contributed by atoms with van der Waals surface area (Å²) >= 11 is 0. The number of carboxylic acids is 1. The number of carboxylic acid groups (broad SMARTS) is 1. The van der Waals surface area contributed by atoms with Gasteiger partial charge in [-0.3, -0.25) is 9.78 Å². The fraction of sp³-hybridized carbons (Fsp3) is 0.167. The molecule has 5 nitrogen and oxygen atoms in total. The van der Waals surface area contributed by atoms with Crippen LogP contribution < -0.4 is 5.43 Å². The van der Waals surface area contributed by atoms with Gasteiger partial charge in [0.15, 0.2) is 11.2 Å². The normalized spacial score (nSPS) is 10.8. The van der Waals surface area contributed by atoms with Crippen LogP contribution in [0.2, 0.25) is 0 Å². The topological polar surface area (TPSA) is 80.4 Å². The molecule has 0 bridgehead atoms. The van der Waals surface area contributed by atoms with E-state index in [1.165, 1.54) is 12.1 Å². The molecule has 0 radical (unpaired) electrons. The Morgan fingerprint density at radius 3 is 2.74 bits per heavy atom. The number of aromatic nitrogens is 1. The minimum Gasteiger partial charge on any atom is -0.478 e. The lowest BCUT2D eigenvalue weighted by Crippen LogP contribution is -2.06. The Morgan fingerprint density at radius 2 is 2.09 bits per heavy atom. The first-order valence-electron chi connectivity index (χ1n) is 7.35.